The molecule has 0 saturated carbocycles. The Labute approximate surface area is 106 Å². The van der Waals surface area contributed by atoms with E-state index in [0.717, 1.165) is 45.6 Å². The van der Waals surface area contributed by atoms with Crippen LogP contribution in [0.3, 0.4) is 0 Å². The van der Waals surface area contributed by atoms with Crippen LogP contribution in [-0.4, -0.2) is 38.5 Å². The van der Waals surface area contributed by atoms with Gasteiger partial charge in [0.15, 0.2) is 0 Å². The van der Waals surface area contributed by atoms with Crippen molar-refractivity contribution in [1.29, 1.82) is 0 Å². The summed E-state index contributed by atoms with van der Waals surface area (Å²) in [5, 5.41) is 3.61. The van der Waals surface area contributed by atoms with Crippen molar-refractivity contribution in [3.63, 3.8) is 0 Å². The molecule has 0 spiro atoms. The molecule has 2 atom stereocenters. The van der Waals surface area contributed by atoms with E-state index in [2.05, 4.69) is 26.1 Å². The zero-order chi connectivity index (χ0) is 12.5. The first-order valence-corrected chi connectivity index (χ1v) is 7.15. The van der Waals surface area contributed by atoms with Crippen LogP contribution in [0.1, 0.15) is 46.5 Å². The van der Waals surface area contributed by atoms with Gasteiger partial charge in [-0.25, -0.2) is 0 Å². The molecule has 0 aromatic rings. The summed E-state index contributed by atoms with van der Waals surface area (Å²) in [6, 6.07) is 0.652. The smallest absolute Gasteiger partial charge is 0.0587 e. The third-order valence-electron chi connectivity index (χ3n) is 3.17. The predicted molar refractivity (Wildman–Crippen MR) is 71.3 cm³/mol. The molecule has 1 heterocycles. The quantitative estimate of drug-likeness (QED) is 0.665. The molecule has 1 saturated heterocycles. The first kappa shape index (κ1) is 14.9. The van der Waals surface area contributed by atoms with Gasteiger partial charge in [-0.2, -0.15) is 0 Å². The van der Waals surface area contributed by atoms with Crippen molar-refractivity contribution >= 4 is 0 Å². The van der Waals surface area contributed by atoms with Crippen LogP contribution in [0, 0.1) is 5.92 Å². The van der Waals surface area contributed by atoms with E-state index in [9.17, 15) is 0 Å². The van der Waals surface area contributed by atoms with Crippen molar-refractivity contribution in [1.82, 2.24) is 5.32 Å². The van der Waals surface area contributed by atoms with Gasteiger partial charge in [0.25, 0.3) is 0 Å². The van der Waals surface area contributed by atoms with Crippen molar-refractivity contribution in [3.8, 4) is 0 Å². The van der Waals surface area contributed by atoms with Crippen LogP contribution in [0.4, 0.5) is 0 Å². The molecule has 0 aromatic carbocycles. The zero-order valence-electron chi connectivity index (χ0n) is 11.7. The largest absolute Gasteiger partial charge is 0.381 e. The molecular formula is C14H29NO2. The van der Waals surface area contributed by atoms with Gasteiger partial charge in [0, 0.05) is 25.9 Å². The van der Waals surface area contributed by atoms with Gasteiger partial charge in [0.1, 0.15) is 0 Å². The Morgan fingerprint density at radius 1 is 1.41 bits per heavy atom. The summed E-state index contributed by atoms with van der Waals surface area (Å²) in [5.74, 6) is 0.642. The average Bonchev–Trinajstić information content (AvgIpc) is 2.33. The van der Waals surface area contributed by atoms with Crippen LogP contribution in [0.5, 0.6) is 0 Å². The predicted octanol–water partition coefficient (Wildman–Crippen LogP) is 2.60. The molecule has 3 heteroatoms. The fraction of sp³-hybridized carbons (Fsp3) is 1.00. The summed E-state index contributed by atoms with van der Waals surface area (Å²) < 4.78 is 11.2. The minimum Gasteiger partial charge on any atom is -0.381 e. The highest BCUT2D eigenvalue weighted by atomic mass is 16.5. The summed E-state index contributed by atoms with van der Waals surface area (Å²) in [5.41, 5.74) is 0. The Bertz CT molecular complexity index is 185. The van der Waals surface area contributed by atoms with Crippen LogP contribution in [-0.2, 0) is 9.47 Å². The standard InChI is InChI=1S/C14H29NO2/c1-4-14-10-13(6-9-17-14)15-7-5-8-16-11-12(2)3/h12-15H,4-11H2,1-3H3. The number of hydrogen-bond acceptors (Lipinski definition) is 3. The maximum Gasteiger partial charge on any atom is 0.0587 e. The number of hydrogen-bond donors (Lipinski definition) is 1. The lowest BCUT2D eigenvalue weighted by molar-refractivity contribution is -0.000390. The average molecular weight is 243 g/mol. The molecule has 2 unspecified atom stereocenters. The van der Waals surface area contributed by atoms with E-state index in [1.165, 1.54) is 6.42 Å². The van der Waals surface area contributed by atoms with E-state index in [4.69, 9.17) is 9.47 Å². The van der Waals surface area contributed by atoms with Crippen LogP contribution >= 0.6 is 0 Å². The van der Waals surface area contributed by atoms with Gasteiger partial charge in [-0.3, -0.25) is 0 Å². The highest BCUT2D eigenvalue weighted by Gasteiger charge is 2.20. The van der Waals surface area contributed by atoms with E-state index in [0.29, 0.717) is 18.1 Å². The Balaban J connectivity index is 1.95. The maximum absolute atomic E-state index is 5.66. The van der Waals surface area contributed by atoms with Gasteiger partial charge in [0.2, 0.25) is 0 Å². The topological polar surface area (TPSA) is 30.5 Å². The Morgan fingerprint density at radius 3 is 2.94 bits per heavy atom. The van der Waals surface area contributed by atoms with Crippen molar-refractivity contribution < 1.29 is 9.47 Å². The molecule has 0 aromatic heterocycles. The highest BCUT2D eigenvalue weighted by Crippen LogP contribution is 2.16. The van der Waals surface area contributed by atoms with E-state index >= 15 is 0 Å². The minimum atomic E-state index is 0.471. The molecule has 1 rings (SSSR count). The lowest BCUT2D eigenvalue weighted by atomic mass is 10.0. The molecule has 1 fully saturated rings. The van der Waals surface area contributed by atoms with E-state index in [-0.39, 0.29) is 0 Å². The molecule has 0 bridgehead atoms. The van der Waals surface area contributed by atoms with Gasteiger partial charge >= 0.3 is 0 Å². The van der Waals surface area contributed by atoms with Crippen molar-refractivity contribution in [2.75, 3.05) is 26.4 Å². The van der Waals surface area contributed by atoms with E-state index in [1.54, 1.807) is 0 Å². The molecule has 0 aliphatic carbocycles. The normalized spacial score (nSPS) is 25.4. The second-order valence-corrected chi connectivity index (χ2v) is 5.40. The van der Waals surface area contributed by atoms with Gasteiger partial charge < -0.3 is 14.8 Å². The molecule has 17 heavy (non-hydrogen) atoms. The fourth-order valence-electron chi connectivity index (χ4n) is 2.15. The fourth-order valence-corrected chi connectivity index (χ4v) is 2.15. The minimum absolute atomic E-state index is 0.471. The third-order valence-corrected chi connectivity index (χ3v) is 3.17. The molecule has 1 aliphatic rings. The summed E-state index contributed by atoms with van der Waals surface area (Å²) in [7, 11) is 0. The highest BCUT2D eigenvalue weighted by molar-refractivity contribution is 4.75. The Hall–Kier alpha value is -0.120. The summed E-state index contributed by atoms with van der Waals surface area (Å²) in [6.45, 7) is 10.3. The maximum atomic E-state index is 5.66. The second-order valence-electron chi connectivity index (χ2n) is 5.40. The SMILES string of the molecule is CCC1CC(NCCCOCC(C)C)CCO1. The van der Waals surface area contributed by atoms with Crippen molar-refractivity contribution in [2.24, 2.45) is 5.92 Å². The molecule has 0 amide bonds. The van der Waals surface area contributed by atoms with Gasteiger partial charge in [-0.15, -0.1) is 0 Å². The summed E-state index contributed by atoms with van der Waals surface area (Å²) in [4.78, 5) is 0. The van der Waals surface area contributed by atoms with Crippen LogP contribution < -0.4 is 5.32 Å². The third kappa shape index (κ3) is 7.02. The molecule has 102 valence electrons. The van der Waals surface area contributed by atoms with Crippen LogP contribution in [0.15, 0.2) is 0 Å². The Kier molecular flexibility index (Phi) is 7.82. The summed E-state index contributed by atoms with van der Waals surface area (Å²) in [6.07, 6.45) is 5.04. The van der Waals surface area contributed by atoms with Crippen LogP contribution in [0.2, 0.25) is 0 Å². The molecule has 0 radical (unpaired) electrons. The molecule has 3 nitrogen and oxygen atoms in total. The van der Waals surface area contributed by atoms with Gasteiger partial charge in [0.05, 0.1) is 6.10 Å². The van der Waals surface area contributed by atoms with Gasteiger partial charge in [-0.1, -0.05) is 20.8 Å². The second kappa shape index (κ2) is 8.90. The first-order valence-electron chi connectivity index (χ1n) is 7.15. The molecule has 1 N–H and O–H groups in total. The Morgan fingerprint density at radius 2 is 2.24 bits per heavy atom. The molecule has 1 aliphatic heterocycles. The van der Waals surface area contributed by atoms with Gasteiger partial charge in [-0.05, 0) is 38.1 Å². The van der Waals surface area contributed by atoms with E-state index in [1.807, 2.05) is 0 Å². The monoisotopic (exact) mass is 243 g/mol. The number of rotatable bonds is 8. The zero-order valence-corrected chi connectivity index (χ0v) is 11.7. The van der Waals surface area contributed by atoms with Crippen molar-refractivity contribution in [3.05, 3.63) is 0 Å². The van der Waals surface area contributed by atoms with E-state index < -0.39 is 0 Å². The lowest BCUT2D eigenvalue weighted by Crippen LogP contribution is -2.39. The molecular weight excluding hydrogens is 214 g/mol. The van der Waals surface area contributed by atoms with Crippen molar-refractivity contribution in [2.45, 2.75) is 58.6 Å². The summed E-state index contributed by atoms with van der Waals surface area (Å²) >= 11 is 0. The number of nitrogens with one attached hydrogen (secondary N) is 1. The number of ether oxygens (including phenoxy) is 2. The first-order chi connectivity index (χ1) is 8.22. The lowest BCUT2D eigenvalue weighted by Gasteiger charge is -2.29. The van der Waals surface area contributed by atoms with Crippen LogP contribution in [0.25, 0.3) is 0 Å².